The van der Waals surface area contributed by atoms with Crippen LogP contribution in [0.15, 0.2) is 12.2 Å². The third-order valence-electron chi connectivity index (χ3n) is 1.94. The minimum Gasteiger partial charge on any atom is -0.392 e. The number of rotatable bonds is 2. The zero-order valence-corrected chi connectivity index (χ0v) is 6.45. The van der Waals surface area contributed by atoms with Crippen molar-refractivity contribution in [2.45, 2.75) is 6.42 Å². The average Bonchev–Trinajstić information content (AvgIpc) is 2.31. The van der Waals surface area contributed by atoms with Crippen LogP contribution in [-0.2, 0) is 0 Å². The highest BCUT2D eigenvalue weighted by molar-refractivity contribution is 4.92. The first-order valence-corrected chi connectivity index (χ1v) is 3.79. The number of aliphatic hydroxyl groups excluding tert-OH is 1. The second kappa shape index (κ2) is 3.74. The Balaban J connectivity index is 2.24. The second-order valence-electron chi connectivity index (χ2n) is 2.92. The smallest absolute Gasteiger partial charge is 0.0612 e. The van der Waals surface area contributed by atoms with Crippen LogP contribution in [0.4, 0.5) is 0 Å². The van der Waals surface area contributed by atoms with E-state index in [2.05, 4.69) is 18.0 Å². The van der Waals surface area contributed by atoms with Gasteiger partial charge in [-0.2, -0.15) is 0 Å². The van der Waals surface area contributed by atoms with Gasteiger partial charge in [0.15, 0.2) is 0 Å². The van der Waals surface area contributed by atoms with Crippen LogP contribution >= 0.6 is 0 Å². The average molecular weight is 141 g/mol. The van der Waals surface area contributed by atoms with Crippen molar-refractivity contribution in [3.8, 4) is 0 Å². The first-order valence-electron chi connectivity index (χ1n) is 3.79. The zero-order valence-electron chi connectivity index (χ0n) is 6.45. The lowest BCUT2D eigenvalue weighted by Crippen LogP contribution is -2.13. The molecule has 2 heteroatoms. The molecule has 1 aliphatic heterocycles. The maximum Gasteiger partial charge on any atom is 0.0612 e. The predicted molar refractivity (Wildman–Crippen MR) is 41.8 cm³/mol. The van der Waals surface area contributed by atoms with E-state index in [0.717, 1.165) is 6.54 Å². The van der Waals surface area contributed by atoms with Crippen molar-refractivity contribution in [2.75, 3.05) is 26.7 Å². The van der Waals surface area contributed by atoms with E-state index in [-0.39, 0.29) is 6.61 Å². The van der Waals surface area contributed by atoms with E-state index in [1.165, 1.54) is 13.0 Å². The van der Waals surface area contributed by atoms with Crippen LogP contribution in [0.2, 0.25) is 0 Å². The van der Waals surface area contributed by atoms with Crippen molar-refractivity contribution in [3.63, 3.8) is 0 Å². The van der Waals surface area contributed by atoms with Gasteiger partial charge in [-0.25, -0.2) is 0 Å². The number of hydrogen-bond acceptors (Lipinski definition) is 2. The van der Waals surface area contributed by atoms with Crippen molar-refractivity contribution in [1.29, 1.82) is 0 Å². The fourth-order valence-electron chi connectivity index (χ4n) is 1.38. The SMILES string of the molecule is CN1CCC(/C=C/CO)C1. The lowest BCUT2D eigenvalue weighted by atomic mass is 10.1. The van der Waals surface area contributed by atoms with Gasteiger partial charge in [-0.3, -0.25) is 0 Å². The molecule has 1 fully saturated rings. The van der Waals surface area contributed by atoms with Crippen LogP contribution in [0.1, 0.15) is 6.42 Å². The lowest BCUT2D eigenvalue weighted by Gasteiger charge is -2.04. The van der Waals surface area contributed by atoms with E-state index in [1.54, 1.807) is 0 Å². The molecule has 0 aliphatic carbocycles. The summed E-state index contributed by atoms with van der Waals surface area (Å²) in [5.74, 6) is 0.678. The molecule has 0 bridgehead atoms. The van der Waals surface area contributed by atoms with Gasteiger partial charge in [0.05, 0.1) is 6.61 Å². The summed E-state index contributed by atoms with van der Waals surface area (Å²) in [6.45, 7) is 2.52. The Morgan fingerprint density at radius 1 is 1.70 bits per heavy atom. The summed E-state index contributed by atoms with van der Waals surface area (Å²) in [5, 5.41) is 8.49. The quantitative estimate of drug-likeness (QED) is 0.566. The summed E-state index contributed by atoms with van der Waals surface area (Å²) in [7, 11) is 2.13. The minimum atomic E-state index is 0.181. The molecule has 1 rings (SSSR count). The Bertz CT molecular complexity index is 122. The molecular formula is C8H15NO. The number of hydrogen-bond donors (Lipinski definition) is 1. The maximum atomic E-state index is 8.49. The van der Waals surface area contributed by atoms with E-state index in [9.17, 15) is 0 Å². The molecule has 0 radical (unpaired) electrons. The van der Waals surface area contributed by atoms with E-state index in [4.69, 9.17) is 5.11 Å². The molecule has 0 amide bonds. The second-order valence-corrected chi connectivity index (χ2v) is 2.92. The Morgan fingerprint density at radius 2 is 2.50 bits per heavy atom. The van der Waals surface area contributed by atoms with Crippen LogP contribution in [0.25, 0.3) is 0 Å². The van der Waals surface area contributed by atoms with Gasteiger partial charge in [0.1, 0.15) is 0 Å². The Labute approximate surface area is 62.2 Å². The minimum absolute atomic E-state index is 0.181. The summed E-state index contributed by atoms with van der Waals surface area (Å²) < 4.78 is 0. The largest absolute Gasteiger partial charge is 0.392 e. The fourth-order valence-corrected chi connectivity index (χ4v) is 1.38. The molecule has 10 heavy (non-hydrogen) atoms. The standard InChI is InChI=1S/C8H15NO/c1-9-5-4-8(7-9)3-2-6-10/h2-3,8,10H,4-7H2,1H3/b3-2+. The van der Waals surface area contributed by atoms with Gasteiger partial charge in [0.25, 0.3) is 0 Å². The van der Waals surface area contributed by atoms with E-state index in [0.29, 0.717) is 5.92 Å². The Hall–Kier alpha value is -0.340. The molecule has 0 spiro atoms. The first kappa shape index (κ1) is 7.76. The van der Waals surface area contributed by atoms with Crippen molar-refractivity contribution in [1.82, 2.24) is 4.90 Å². The highest BCUT2D eigenvalue weighted by Crippen LogP contribution is 2.14. The van der Waals surface area contributed by atoms with Gasteiger partial charge in [0.2, 0.25) is 0 Å². The molecule has 1 aliphatic rings. The van der Waals surface area contributed by atoms with E-state index >= 15 is 0 Å². The van der Waals surface area contributed by atoms with Crippen LogP contribution < -0.4 is 0 Å². The Kier molecular flexibility index (Phi) is 2.90. The maximum absolute atomic E-state index is 8.49. The zero-order chi connectivity index (χ0) is 7.40. The molecule has 1 unspecified atom stereocenters. The van der Waals surface area contributed by atoms with Gasteiger partial charge in [-0.15, -0.1) is 0 Å². The van der Waals surface area contributed by atoms with Gasteiger partial charge in [-0.1, -0.05) is 12.2 Å². The summed E-state index contributed by atoms with van der Waals surface area (Å²) in [5.41, 5.74) is 0. The Morgan fingerprint density at radius 3 is 3.00 bits per heavy atom. The van der Waals surface area contributed by atoms with Crippen molar-refractivity contribution < 1.29 is 5.11 Å². The van der Waals surface area contributed by atoms with Crippen LogP contribution in [0.5, 0.6) is 0 Å². The molecule has 2 nitrogen and oxygen atoms in total. The summed E-state index contributed by atoms with van der Waals surface area (Å²) in [4.78, 5) is 2.31. The number of likely N-dealkylation sites (tertiary alicyclic amines) is 1. The van der Waals surface area contributed by atoms with E-state index < -0.39 is 0 Å². The molecule has 0 saturated carbocycles. The molecule has 1 heterocycles. The molecule has 0 aromatic heterocycles. The normalized spacial score (nSPS) is 28.4. The number of aliphatic hydroxyl groups is 1. The third-order valence-corrected chi connectivity index (χ3v) is 1.94. The van der Waals surface area contributed by atoms with Crippen molar-refractivity contribution in [2.24, 2.45) is 5.92 Å². The molecule has 1 atom stereocenters. The summed E-state index contributed by atoms with van der Waals surface area (Å²) >= 11 is 0. The molecule has 1 N–H and O–H groups in total. The van der Waals surface area contributed by atoms with E-state index in [1.807, 2.05) is 6.08 Å². The molecular weight excluding hydrogens is 126 g/mol. The number of nitrogens with zero attached hydrogens (tertiary/aromatic N) is 1. The summed E-state index contributed by atoms with van der Waals surface area (Å²) in [6, 6.07) is 0. The van der Waals surface area contributed by atoms with Gasteiger partial charge < -0.3 is 10.0 Å². The van der Waals surface area contributed by atoms with Crippen LogP contribution in [0.3, 0.4) is 0 Å². The first-order chi connectivity index (χ1) is 4.83. The monoisotopic (exact) mass is 141 g/mol. The fraction of sp³-hybridized carbons (Fsp3) is 0.750. The molecule has 0 aromatic carbocycles. The third kappa shape index (κ3) is 2.12. The van der Waals surface area contributed by atoms with Crippen LogP contribution in [0, 0.1) is 5.92 Å². The highest BCUT2D eigenvalue weighted by Gasteiger charge is 2.15. The topological polar surface area (TPSA) is 23.5 Å². The lowest BCUT2D eigenvalue weighted by molar-refractivity contribution is 0.341. The highest BCUT2D eigenvalue weighted by atomic mass is 16.2. The van der Waals surface area contributed by atoms with Gasteiger partial charge in [-0.05, 0) is 25.9 Å². The molecule has 58 valence electrons. The van der Waals surface area contributed by atoms with Crippen molar-refractivity contribution in [3.05, 3.63) is 12.2 Å². The van der Waals surface area contributed by atoms with Crippen molar-refractivity contribution >= 4 is 0 Å². The molecule has 0 aromatic rings. The summed E-state index contributed by atoms with van der Waals surface area (Å²) in [6.07, 6.45) is 5.19. The van der Waals surface area contributed by atoms with Gasteiger partial charge in [0, 0.05) is 6.54 Å². The van der Waals surface area contributed by atoms with Crippen LogP contribution in [-0.4, -0.2) is 36.8 Å². The predicted octanol–water partition coefficient (Wildman–Crippen LogP) is 0.487. The molecule has 1 saturated heterocycles. The van der Waals surface area contributed by atoms with Gasteiger partial charge >= 0.3 is 0 Å².